The van der Waals surface area contributed by atoms with Crippen molar-refractivity contribution in [1.29, 1.82) is 0 Å². The number of aromatic nitrogens is 3. The predicted molar refractivity (Wildman–Crippen MR) is 77.6 cm³/mol. The molecule has 1 N–H and O–H groups in total. The van der Waals surface area contributed by atoms with Crippen LogP contribution in [-0.4, -0.2) is 25.8 Å². The van der Waals surface area contributed by atoms with E-state index in [1.54, 1.807) is 26.1 Å². The monoisotopic (exact) mass is 341 g/mol. The molecule has 2 rings (SSSR count). The van der Waals surface area contributed by atoms with Crippen molar-refractivity contribution >= 4 is 33.5 Å². The maximum absolute atomic E-state index is 12.2. The summed E-state index contributed by atoms with van der Waals surface area (Å²) in [6.07, 6.45) is 0. The zero-order valence-electron chi connectivity index (χ0n) is 10.4. The van der Waals surface area contributed by atoms with E-state index in [0.717, 1.165) is 4.47 Å². The summed E-state index contributed by atoms with van der Waals surface area (Å²) in [7, 11) is 1.62. The van der Waals surface area contributed by atoms with Gasteiger partial charge in [0, 0.05) is 17.1 Å². The zero-order chi connectivity index (χ0) is 14.0. The van der Waals surface area contributed by atoms with E-state index in [1.807, 2.05) is 12.1 Å². The number of benzene rings is 1. The molecule has 1 aromatic carbocycles. The van der Waals surface area contributed by atoms with Gasteiger partial charge in [-0.05, 0) is 19.1 Å². The smallest absolute Gasteiger partial charge is 0.293 e. The maximum Gasteiger partial charge on any atom is 0.343 e. The highest BCUT2D eigenvalue weighted by atomic mass is 79.9. The van der Waals surface area contributed by atoms with Crippen LogP contribution in [0.2, 0.25) is 0 Å². The average Bonchev–Trinajstić information content (AvgIpc) is 2.71. The molecule has 2 aromatic rings. The lowest BCUT2D eigenvalue weighted by atomic mass is 10.1. The van der Waals surface area contributed by atoms with Crippen LogP contribution in [0.1, 0.15) is 17.3 Å². The molecular weight excluding hydrogens is 330 g/mol. The SMILES string of the molecule is C[C@H](Sc1n[nH]c(=O)n1C)C(=O)c1ccc(Br)cc1. The van der Waals surface area contributed by atoms with E-state index in [2.05, 4.69) is 26.1 Å². The average molecular weight is 342 g/mol. The van der Waals surface area contributed by atoms with Crippen molar-refractivity contribution in [2.75, 3.05) is 0 Å². The number of hydrogen-bond donors (Lipinski definition) is 1. The first-order valence-corrected chi connectivity index (χ1v) is 7.24. The van der Waals surface area contributed by atoms with E-state index in [1.165, 1.54) is 16.3 Å². The Bertz CT molecular complexity index is 648. The van der Waals surface area contributed by atoms with Gasteiger partial charge in [0.05, 0.1) is 5.25 Å². The Labute approximate surface area is 122 Å². The molecule has 100 valence electrons. The summed E-state index contributed by atoms with van der Waals surface area (Å²) in [6.45, 7) is 1.80. The molecule has 7 heteroatoms. The molecule has 0 bridgehead atoms. The second-order valence-electron chi connectivity index (χ2n) is 4.00. The first-order valence-electron chi connectivity index (χ1n) is 5.57. The van der Waals surface area contributed by atoms with Crippen LogP contribution in [0.4, 0.5) is 0 Å². The fraction of sp³-hybridized carbons (Fsp3) is 0.250. The van der Waals surface area contributed by atoms with Gasteiger partial charge in [-0.2, -0.15) is 0 Å². The van der Waals surface area contributed by atoms with Gasteiger partial charge in [-0.15, -0.1) is 5.10 Å². The highest BCUT2D eigenvalue weighted by Gasteiger charge is 2.19. The molecule has 0 saturated heterocycles. The van der Waals surface area contributed by atoms with E-state index in [-0.39, 0.29) is 16.7 Å². The summed E-state index contributed by atoms with van der Waals surface area (Å²) in [6, 6.07) is 7.20. The normalized spacial score (nSPS) is 12.4. The molecule has 0 saturated carbocycles. The first kappa shape index (κ1) is 14.1. The minimum absolute atomic E-state index is 0.00736. The van der Waals surface area contributed by atoms with Crippen molar-refractivity contribution < 1.29 is 4.79 Å². The van der Waals surface area contributed by atoms with Gasteiger partial charge in [0.1, 0.15) is 0 Å². The highest BCUT2D eigenvalue weighted by molar-refractivity contribution is 9.10. The van der Waals surface area contributed by atoms with E-state index in [0.29, 0.717) is 10.7 Å². The van der Waals surface area contributed by atoms with Crippen molar-refractivity contribution in [2.24, 2.45) is 7.05 Å². The number of carbonyl (C=O) groups is 1. The van der Waals surface area contributed by atoms with Crippen LogP contribution in [0, 0.1) is 0 Å². The summed E-state index contributed by atoms with van der Waals surface area (Å²) >= 11 is 4.59. The van der Waals surface area contributed by atoms with Gasteiger partial charge in [0.25, 0.3) is 0 Å². The van der Waals surface area contributed by atoms with E-state index in [9.17, 15) is 9.59 Å². The summed E-state index contributed by atoms with van der Waals surface area (Å²) in [5.41, 5.74) is 0.356. The third-order valence-corrected chi connectivity index (χ3v) is 4.29. The van der Waals surface area contributed by atoms with Crippen LogP contribution in [0.25, 0.3) is 0 Å². The Kier molecular flexibility index (Phi) is 4.26. The number of carbonyl (C=O) groups excluding carboxylic acids is 1. The van der Waals surface area contributed by atoms with Crippen molar-refractivity contribution in [3.05, 3.63) is 44.8 Å². The standard InChI is InChI=1S/C12H12BrN3O2S/c1-7(19-12-15-14-11(18)16(12)2)10(17)8-3-5-9(13)6-4-8/h3-7H,1-2H3,(H,14,18)/t7-/m0/s1. The van der Waals surface area contributed by atoms with Gasteiger partial charge in [-0.25, -0.2) is 9.89 Å². The van der Waals surface area contributed by atoms with Crippen molar-refractivity contribution in [2.45, 2.75) is 17.3 Å². The summed E-state index contributed by atoms with van der Waals surface area (Å²) < 4.78 is 2.31. The topological polar surface area (TPSA) is 67.8 Å². The van der Waals surface area contributed by atoms with Crippen LogP contribution in [0.5, 0.6) is 0 Å². The second kappa shape index (κ2) is 5.75. The van der Waals surface area contributed by atoms with Crippen LogP contribution < -0.4 is 5.69 Å². The predicted octanol–water partition coefficient (Wildman–Crippen LogP) is 2.23. The number of hydrogen-bond acceptors (Lipinski definition) is 4. The molecule has 0 fully saturated rings. The molecule has 1 heterocycles. The third-order valence-electron chi connectivity index (χ3n) is 2.62. The lowest BCUT2D eigenvalue weighted by Gasteiger charge is -2.09. The first-order chi connectivity index (χ1) is 8.99. The van der Waals surface area contributed by atoms with E-state index < -0.39 is 0 Å². The minimum atomic E-state index is -0.310. The molecule has 0 spiro atoms. The van der Waals surface area contributed by atoms with Gasteiger partial charge in [-0.1, -0.05) is 39.8 Å². The molecule has 1 aromatic heterocycles. The molecule has 0 unspecified atom stereocenters. The molecular formula is C12H12BrN3O2S. The van der Waals surface area contributed by atoms with Gasteiger partial charge in [0.2, 0.25) is 0 Å². The molecule has 19 heavy (non-hydrogen) atoms. The number of nitrogens with zero attached hydrogens (tertiary/aromatic N) is 2. The number of H-pyrrole nitrogens is 1. The van der Waals surface area contributed by atoms with Gasteiger partial charge in [0.15, 0.2) is 10.9 Å². The number of ketones is 1. The third kappa shape index (κ3) is 3.16. The number of halogens is 1. The fourth-order valence-corrected chi connectivity index (χ4v) is 2.66. The van der Waals surface area contributed by atoms with Gasteiger partial charge < -0.3 is 0 Å². The van der Waals surface area contributed by atoms with Crippen LogP contribution >= 0.6 is 27.7 Å². The second-order valence-corrected chi connectivity index (χ2v) is 6.23. The largest absolute Gasteiger partial charge is 0.343 e. The summed E-state index contributed by atoms with van der Waals surface area (Å²) in [4.78, 5) is 23.5. The van der Waals surface area contributed by atoms with Crippen molar-refractivity contribution in [3.63, 3.8) is 0 Å². The molecule has 0 aliphatic rings. The number of thioether (sulfide) groups is 1. The Morgan fingerprint density at radius 1 is 1.42 bits per heavy atom. The number of rotatable bonds is 4. The van der Waals surface area contributed by atoms with Crippen molar-refractivity contribution in [3.8, 4) is 0 Å². The van der Waals surface area contributed by atoms with Gasteiger partial charge >= 0.3 is 5.69 Å². The quantitative estimate of drug-likeness (QED) is 0.684. The molecule has 1 atom stereocenters. The molecule has 0 amide bonds. The fourth-order valence-electron chi connectivity index (χ4n) is 1.50. The Morgan fingerprint density at radius 2 is 2.05 bits per heavy atom. The number of nitrogens with one attached hydrogen (secondary N) is 1. The Hall–Kier alpha value is -1.34. The van der Waals surface area contributed by atoms with E-state index in [4.69, 9.17) is 0 Å². The lowest BCUT2D eigenvalue weighted by molar-refractivity contribution is 0.0994. The Balaban J connectivity index is 2.14. The zero-order valence-corrected chi connectivity index (χ0v) is 12.8. The van der Waals surface area contributed by atoms with Crippen LogP contribution in [-0.2, 0) is 7.05 Å². The Morgan fingerprint density at radius 3 is 2.58 bits per heavy atom. The number of aromatic amines is 1. The number of Topliss-reactive ketones (excluding diaryl/α,β-unsaturated/α-hetero) is 1. The van der Waals surface area contributed by atoms with Gasteiger partial charge in [-0.3, -0.25) is 9.36 Å². The molecule has 0 aliphatic carbocycles. The summed E-state index contributed by atoms with van der Waals surface area (Å²) in [5.74, 6) is 0.00736. The summed E-state index contributed by atoms with van der Waals surface area (Å²) in [5, 5.41) is 6.41. The van der Waals surface area contributed by atoms with Crippen LogP contribution in [0.3, 0.4) is 0 Å². The van der Waals surface area contributed by atoms with Crippen molar-refractivity contribution in [1.82, 2.24) is 14.8 Å². The molecule has 5 nitrogen and oxygen atoms in total. The highest BCUT2D eigenvalue weighted by Crippen LogP contribution is 2.23. The molecule has 0 radical (unpaired) electrons. The maximum atomic E-state index is 12.2. The van der Waals surface area contributed by atoms with E-state index >= 15 is 0 Å². The van der Waals surface area contributed by atoms with Crippen LogP contribution in [0.15, 0.2) is 38.7 Å². The lowest BCUT2D eigenvalue weighted by Crippen LogP contribution is -2.16. The molecule has 0 aliphatic heterocycles. The minimum Gasteiger partial charge on any atom is -0.293 e.